The van der Waals surface area contributed by atoms with E-state index in [-0.39, 0.29) is 5.92 Å². The summed E-state index contributed by atoms with van der Waals surface area (Å²) in [6.45, 7) is 5.07. The molecule has 0 saturated carbocycles. The summed E-state index contributed by atoms with van der Waals surface area (Å²) in [6.07, 6.45) is 7.43. The fourth-order valence-corrected chi connectivity index (χ4v) is 7.30. The first-order valence-electron chi connectivity index (χ1n) is 15.9. The molecule has 44 heavy (non-hydrogen) atoms. The Morgan fingerprint density at radius 3 is 2.27 bits per heavy atom. The van der Waals surface area contributed by atoms with Crippen molar-refractivity contribution in [3.8, 4) is 11.3 Å². The minimum atomic E-state index is 0.116. The zero-order valence-corrected chi connectivity index (χ0v) is 25.2. The lowest BCUT2D eigenvalue weighted by Crippen LogP contribution is -2.45. The third-order valence-electron chi connectivity index (χ3n) is 9.51. The molecule has 7 rings (SSSR count). The molecule has 2 N–H and O–H groups in total. The molecule has 0 aliphatic carbocycles. The smallest absolute Gasteiger partial charge is 0.225 e. The van der Waals surface area contributed by atoms with Crippen LogP contribution in [-0.2, 0) is 17.9 Å². The summed E-state index contributed by atoms with van der Waals surface area (Å²) in [7, 11) is 0. The standard InChI is InChI=1S/C37H40N6O/c38-34-24-27(13-19-40-34)25-41-20-14-30(15-21-41)37(44)42-22-16-28(17-23-42)35-32-11-4-5-12-33(32)43(26-31-10-6-7-18-39-31)36(35)29-8-2-1-3-9-29/h1-13,18-19,24,28,30H,14-17,20-23,25-26H2,(H2,38,40). The summed E-state index contributed by atoms with van der Waals surface area (Å²) in [5, 5.41) is 1.32. The fraction of sp³-hybridized carbons (Fsp3) is 0.324. The molecule has 5 aromatic rings. The molecule has 0 radical (unpaired) electrons. The first kappa shape index (κ1) is 28.3. The van der Waals surface area contributed by atoms with Gasteiger partial charge in [-0.2, -0.15) is 0 Å². The lowest BCUT2D eigenvalue weighted by Gasteiger charge is -2.37. The summed E-state index contributed by atoms with van der Waals surface area (Å²) in [4.78, 5) is 27.0. The van der Waals surface area contributed by atoms with Crippen molar-refractivity contribution in [3.63, 3.8) is 0 Å². The van der Waals surface area contributed by atoms with Crippen LogP contribution in [0.3, 0.4) is 0 Å². The Morgan fingerprint density at radius 2 is 1.52 bits per heavy atom. The molecule has 7 heteroatoms. The van der Waals surface area contributed by atoms with E-state index >= 15 is 0 Å². The fourth-order valence-electron chi connectivity index (χ4n) is 7.30. The van der Waals surface area contributed by atoms with E-state index in [2.05, 4.69) is 91.1 Å². The van der Waals surface area contributed by atoms with E-state index in [9.17, 15) is 4.79 Å². The van der Waals surface area contributed by atoms with E-state index in [1.54, 1.807) is 6.20 Å². The Hall–Kier alpha value is -4.49. The second kappa shape index (κ2) is 12.6. The van der Waals surface area contributed by atoms with Crippen LogP contribution in [0.25, 0.3) is 22.2 Å². The second-order valence-electron chi connectivity index (χ2n) is 12.3. The number of rotatable bonds is 7. The SMILES string of the molecule is Nc1cc(CN2CCC(C(=O)N3CCC(c4c(-c5ccccc5)n(Cc5ccccn5)c5ccccc45)CC3)CC2)ccn1. The van der Waals surface area contributed by atoms with Crippen LogP contribution in [0.1, 0.15) is 48.4 Å². The number of fused-ring (bicyclic) bond motifs is 1. The first-order valence-corrected chi connectivity index (χ1v) is 15.9. The van der Waals surface area contributed by atoms with E-state index < -0.39 is 0 Å². The van der Waals surface area contributed by atoms with Gasteiger partial charge in [-0.15, -0.1) is 0 Å². The van der Waals surface area contributed by atoms with E-state index in [4.69, 9.17) is 5.73 Å². The molecule has 2 aromatic carbocycles. The normalized spacial score (nSPS) is 16.9. The largest absolute Gasteiger partial charge is 0.384 e. The van der Waals surface area contributed by atoms with Crippen LogP contribution in [-0.4, -0.2) is 56.4 Å². The van der Waals surface area contributed by atoms with Gasteiger partial charge in [-0.3, -0.25) is 14.7 Å². The molecule has 2 aliphatic heterocycles. The van der Waals surface area contributed by atoms with Crippen molar-refractivity contribution >= 4 is 22.6 Å². The highest BCUT2D eigenvalue weighted by Crippen LogP contribution is 2.43. The maximum atomic E-state index is 13.7. The summed E-state index contributed by atoms with van der Waals surface area (Å²) in [5.74, 6) is 1.41. The molecule has 224 valence electrons. The predicted molar refractivity (Wildman–Crippen MR) is 176 cm³/mol. The van der Waals surface area contributed by atoms with Gasteiger partial charge in [0.15, 0.2) is 0 Å². The Bertz CT molecular complexity index is 1720. The van der Waals surface area contributed by atoms with Crippen molar-refractivity contribution < 1.29 is 4.79 Å². The number of likely N-dealkylation sites (tertiary alicyclic amines) is 2. The maximum Gasteiger partial charge on any atom is 0.225 e. The van der Waals surface area contributed by atoms with Crippen LogP contribution in [0.2, 0.25) is 0 Å². The second-order valence-corrected chi connectivity index (χ2v) is 12.3. The maximum absolute atomic E-state index is 13.7. The third kappa shape index (κ3) is 5.84. The van der Waals surface area contributed by atoms with Gasteiger partial charge in [-0.25, -0.2) is 4.98 Å². The number of hydrogen-bond acceptors (Lipinski definition) is 5. The average molecular weight is 585 g/mol. The van der Waals surface area contributed by atoms with Crippen molar-refractivity contribution in [3.05, 3.63) is 114 Å². The molecule has 2 fully saturated rings. The lowest BCUT2D eigenvalue weighted by atomic mass is 9.85. The highest BCUT2D eigenvalue weighted by Gasteiger charge is 2.33. The Morgan fingerprint density at radius 1 is 0.773 bits per heavy atom. The summed E-state index contributed by atoms with van der Waals surface area (Å²) in [6, 6.07) is 29.7. The summed E-state index contributed by atoms with van der Waals surface area (Å²) < 4.78 is 2.45. The topological polar surface area (TPSA) is 80.3 Å². The number of pyridine rings is 2. The number of hydrogen-bond donors (Lipinski definition) is 1. The first-order chi connectivity index (χ1) is 21.6. The van der Waals surface area contributed by atoms with Gasteiger partial charge in [0.25, 0.3) is 0 Å². The van der Waals surface area contributed by atoms with Crippen LogP contribution in [0.4, 0.5) is 5.82 Å². The van der Waals surface area contributed by atoms with Gasteiger partial charge in [0.2, 0.25) is 5.91 Å². The molecular formula is C37H40N6O. The molecule has 5 heterocycles. The number of anilines is 1. The molecule has 0 bridgehead atoms. The predicted octanol–water partition coefficient (Wildman–Crippen LogP) is 6.35. The van der Waals surface area contributed by atoms with Crippen molar-refractivity contribution in [2.75, 3.05) is 31.9 Å². The van der Waals surface area contributed by atoms with Gasteiger partial charge in [-0.1, -0.05) is 54.6 Å². The average Bonchev–Trinajstić information content (AvgIpc) is 3.39. The molecule has 7 nitrogen and oxygen atoms in total. The number of carbonyl (C=O) groups is 1. The minimum absolute atomic E-state index is 0.116. The number of nitrogens with two attached hydrogens (primary N) is 1. The van der Waals surface area contributed by atoms with Gasteiger partial charge in [-0.05, 0) is 91.7 Å². The summed E-state index contributed by atoms with van der Waals surface area (Å²) >= 11 is 0. The molecule has 2 aliphatic rings. The van der Waals surface area contributed by atoms with E-state index in [0.717, 1.165) is 70.6 Å². The van der Waals surface area contributed by atoms with Crippen molar-refractivity contribution in [1.29, 1.82) is 0 Å². The van der Waals surface area contributed by atoms with Crippen molar-refractivity contribution in [2.24, 2.45) is 5.92 Å². The highest BCUT2D eigenvalue weighted by atomic mass is 16.2. The van der Waals surface area contributed by atoms with Gasteiger partial charge in [0.1, 0.15) is 5.82 Å². The number of piperidine rings is 2. The molecule has 0 unspecified atom stereocenters. The highest BCUT2D eigenvalue weighted by molar-refractivity contribution is 5.92. The number of nitrogens with zero attached hydrogens (tertiary/aromatic N) is 5. The number of nitrogen functional groups attached to an aromatic ring is 1. The zero-order valence-electron chi connectivity index (χ0n) is 25.2. The van der Waals surface area contributed by atoms with E-state index in [1.165, 1.54) is 33.3 Å². The molecule has 3 aromatic heterocycles. The number of benzene rings is 2. The van der Waals surface area contributed by atoms with E-state index in [1.807, 2.05) is 24.4 Å². The van der Waals surface area contributed by atoms with Crippen LogP contribution < -0.4 is 5.73 Å². The van der Waals surface area contributed by atoms with Crippen LogP contribution in [0.5, 0.6) is 0 Å². The number of aromatic nitrogens is 3. The Labute approximate surface area is 259 Å². The number of para-hydroxylation sites is 1. The molecular weight excluding hydrogens is 544 g/mol. The van der Waals surface area contributed by atoms with Gasteiger partial charge in [0, 0.05) is 48.8 Å². The monoisotopic (exact) mass is 584 g/mol. The minimum Gasteiger partial charge on any atom is -0.384 e. The molecule has 0 spiro atoms. The Kier molecular flexibility index (Phi) is 8.12. The van der Waals surface area contributed by atoms with Crippen molar-refractivity contribution in [1.82, 2.24) is 24.3 Å². The van der Waals surface area contributed by atoms with Gasteiger partial charge < -0.3 is 15.2 Å². The van der Waals surface area contributed by atoms with E-state index in [0.29, 0.717) is 17.6 Å². The van der Waals surface area contributed by atoms with Gasteiger partial charge in [0.05, 0.1) is 17.9 Å². The third-order valence-corrected chi connectivity index (χ3v) is 9.51. The molecule has 2 saturated heterocycles. The Balaban J connectivity index is 1.08. The van der Waals surface area contributed by atoms with Crippen LogP contribution >= 0.6 is 0 Å². The van der Waals surface area contributed by atoms with Crippen molar-refractivity contribution in [2.45, 2.75) is 44.7 Å². The molecule has 0 atom stereocenters. The van der Waals surface area contributed by atoms with Crippen LogP contribution in [0.15, 0.2) is 97.3 Å². The summed E-state index contributed by atoms with van der Waals surface area (Å²) in [5.41, 5.74) is 13.3. The molecule has 1 amide bonds. The zero-order chi connectivity index (χ0) is 29.9. The quantitative estimate of drug-likeness (QED) is 0.241. The van der Waals surface area contributed by atoms with Crippen LogP contribution in [0, 0.1) is 5.92 Å². The van der Waals surface area contributed by atoms with Gasteiger partial charge >= 0.3 is 0 Å². The number of amides is 1. The lowest BCUT2D eigenvalue weighted by molar-refractivity contribution is -0.138. The number of carbonyl (C=O) groups excluding carboxylic acids is 1.